The van der Waals surface area contributed by atoms with Crippen molar-refractivity contribution in [3.63, 3.8) is 0 Å². The first-order valence-electron chi connectivity index (χ1n) is 9.60. The predicted molar refractivity (Wildman–Crippen MR) is 119 cm³/mol. The summed E-state index contributed by atoms with van der Waals surface area (Å²) in [5.41, 5.74) is 2.51. The van der Waals surface area contributed by atoms with Gasteiger partial charge in [-0.1, -0.05) is 0 Å². The second kappa shape index (κ2) is 10.3. The molecule has 0 saturated carbocycles. The Kier molecular flexibility index (Phi) is 6.99. The van der Waals surface area contributed by atoms with Crippen LogP contribution < -0.4 is 5.32 Å². The number of thiazole rings is 2. The van der Waals surface area contributed by atoms with Crippen molar-refractivity contribution in [2.75, 3.05) is 18.5 Å². The molecule has 5 heterocycles. The molecule has 0 aromatic carbocycles. The van der Waals surface area contributed by atoms with Crippen LogP contribution in [0.1, 0.15) is 29.4 Å². The van der Waals surface area contributed by atoms with Gasteiger partial charge in [0, 0.05) is 48.1 Å². The highest BCUT2D eigenvalue weighted by Crippen LogP contribution is 2.32. The number of nitrogens with zero attached hydrogens (tertiary/aromatic N) is 5. The van der Waals surface area contributed by atoms with E-state index >= 15 is 0 Å². The van der Waals surface area contributed by atoms with Gasteiger partial charge < -0.3 is 15.2 Å². The molecular weight excluding hydrogens is 454 g/mol. The normalized spacial score (nSPS) is 13.9. The number of aromatic amines is 1. The average Bonchev–Trinajstić information content (AvgIpc) is 3.61. The molecule has 13 heteroatoms. The van der Waals surface area contributed by atoms with Gasteiger partial charge in [-0.05, 0) is 12.8 Å². The Morgan fingerprint density at radius 1 is 1.31 bits per heavy atom. The number of hydrogen-bond acceptors (Lipinski definition) is 9. The van der Waals surface area contributed by atoms with Gasteiger partial charge in [0.1, 0.15) is 21.4 Å². The minimum Gasteiger partial charge on any atom is -0.483 e. The zero-order chi connectivity index (χ0) is 22.3. The topological polar surface area (TPSA) is 148 Å². The summed E-state index contributed by atoms with van der Waals surface area (Å²) in [5.74, 6) is -0.277. The van der Waals surface area contributed by atoms with Crippen molar-refractivity contribution in [3.05, 3.63) is 41.2 Å². The number of rotatable bonds is 5. The third-order valence-corrected chi connectivity index (χ3v) is 6.33. The molecule has 1 aliphatic heterocycles. The fourth-order valence-electron chi connectivity index (χ4n) is 3.18. The minimum atomic E-state index is -0.277. The summed E-state index contributed by atoms with van der Waals surface area (Å²) in [6.07, 6.45) is 8.84. The van der Waals surface area contributed by atoms with Crippen molar-refractivity contribution < 1.29 is 19.4 Å². The Labute approximate surface area is 190 Å². The SMILES string of the molecule is O=C(Nc1cn(C2CCOCC2)nc1-c1nccs1)c1csc(-c2cn[nH]c2)n1.O=CO. The summed E-state index contributed by atoms with van der Waals surface area (Å²) < 4.78 is 7.37. The lowest BCUT2D eigenvalue weighted by Crippen LogP contribution is -2.20. The molecule has 0 bridgehead atoms. The molecule has 0 spiro atoms. The van der Waals surface area contributed by atoms with Gasteiger partial charge in [0.2, 0.25) is 0 Å². The van der Waals surface area contributed by atoms with E-state index in [0.717, 1.165) is 28.4 Å². The van der Waals surface area contributed by atoms with Crippen molar-refractivity contribution in [3.8, 4) is 21.3 Å². The van der Waals surface area contributed by atoms with Crippen LogP contribution in [-0.2, 0) is 9.53 Å². The van der Waals surface area contributed by atoms with Crippen LogP contribution >= 0.6 is 22.7 Å². The number of aromatic nitrogens is 6. The molecule has 1 saturated heterocycles. The Morgan fingerprint density at radius 3 is 2.81 bits per heavy atom. The number of anilines is 1. The maximum Gasteiger partial charge on any atom is 0.290 e. The molecule has 1 amide bonds. The lowest BCUT2D eigenvalue weighted by atomic mass is 10.1. The van der Waals surface area contributed by atoms with Gasteiger partial charge >= 0.3 is 0 Å². The molecule has 32 heavy (non-hydrogen) atoms. The molecule has 0 unspecified atom stereocenters. The predicted octanol–water partition coefficient (Wildman–Crippen LogP) is 3.16. The van der Waals surface area contributed by atoms with Crippen LogP contribution in [0.15, 0.2) is 35.5 Å². The summed E-state index contributed by atoms with van der Waals surface area (Å²) in [6.45, 7) is 1.18. The van der Waals surface area contributed by atoms with Crippen LogP contribution in [0, 0.1) is 0 Å². The summed E-state index contributed by atoms with van der Waals surface area (Å²) in [6, 6.07) is 0.250. The fraction of sp³-hybridized carbons (Fsp3) is 0.263. The third kappa shape index (κ3) is 4.90. The van der Waals surface area contributed by atoms with E-state index in [-0.39, 0.29) is 18.4 Å². The lowest BCUT2D eigenvalue weighted by molar-refractivity contribution is -0.122. The fourth-order valence-corrected chi connectivity index (χ4v) is 4.60. The average molecular weight is 474 g/mol. The van der Waals surface area contributed by atoms with E-state index in [9.17, 15) is 4.79 Å². The van der Waals surface area contributed by atoms with Crippen LogP contribution in [-0.4, -0.2) is 60.6 Å². The Balaban J connectivity index is 0.000000775. The van der Waals surface area contributed by atoms with Gasteiger partial charge in [-0.3, -0.25) is 19.4 Å². The first-order chi connectivity index (χ1) is 15.7. The number of nitrogens with one attached hydrogen (secondary N) is 2. The van der Waals surface area contributed by atoms with Crippen molar-refractivity contribution in [1.82, 2.24) is 29.9 Å². The first kappa shape index (κ1) is 21.8. The number of carboxylic acid groups (broad SMARTS) is 1. The van der Waals surface area contributed by atoms with E-state index in [1.54, 1.807) is 24.0 Å². The molecule has 1 aliphatic rings. The molecule has 5 rings (SSSR count). The zero-order valence-electron chi connectivity index (χ0n) is 16.7. The minimum absolute atomic E-state index is 0.250. The molecule has 0 radical (unpaired) electrons. The van der Waals surface area contributed by atoms with E-state index < -0.39 is 0 Å². The molecule has 0 aliphatic carbocycles. The number of carbonyl (C=O) groups excluding carboxylic acids is 1. The van der Waals surface area contributed by atoms with Crippen LogP contribution in [0.5, 0.6) is 0 Å². The van der Waals surface area contributed by atoms with Crippen LogP contribution in [0.4, 0.5) is 5.69 Å². The Bertz CT molecular complexity index is 1150. The zero-order valence-corrected chi connectivity index (χ0v) is 18.3. The first-order valence-corrected chi connectivity index (χ1v) is 11.4. The number of hydrogen-bond donors (Lipinski definition) is 3. The van der Waals surface area contributed by atoms with Gasteiger partial charge in [0.05, 0.1) is 17.9 Å². The summed E-state index contributed by atoms with van der Waals surface area (Å²) in [4.78, 5) is 30.0. The lowest BCUT2D eigenvalue weighted by Gasteiger charge is -2.22. The molecule has 1 fully saturated rings. The highest BCUT2D eigenvalue weighted by atomic mass is 32.1. The summed E-state index contributed by atoms with van der Waals surface area (Å²) in [7, 11) is 0. The van der Waals surface area contributed by atoms with Gasteiger partial charge in [-0.2, -0.15) is 10.2 Å². The molecular formula is C19H19N7O4S2. The molecule has 0 atom stereocenters. The number of H-pyrrole nitrogens is 1. The van der Waals surface area contributed by atoms with Gasteiger partial charge in [0.15, 0.2) is 0 Å². The monoisotopic (exact) mass is 473 g/mol. The largest absolute Gasteiger partial charge is 0.483 e. The van der Waals surface area contributed by atoms with E-state index in [0.29, 0.717) is 30.3 Å². The quantitative estimate of drug-likeness (QED) is 0.374. The second-order valence-corrected chi connectivity index (χ2v) is 8.39. The van der Waals surface area contributed by atoms with Crippen molar-refractivity contribution >= 4 is 40.7 Å². The van der Waals surface area contributed by atoms with Crippen molar-refractivity contribution in [2.45, 2.75) is 18.9 Å². The van der Waals surface area contributed by atoms with E-state index in [2.05, 4.69) is 25.5 Å². The Morgan fingerprint density at radius 2 is 2.12 bits per heavy atom. The van der Waals surface area contributed by atoms with Crippen LogP contribution in [0.2, 0.25) is 0 Å². The highest BCUT2D eigenvalue weighted by Gasteiger charge is 2.23. The number of carbonyl (C=O) groups is 2. The van der Waals surface area contributed by atoms with Crippen LogP contribution in [0.3, 0.4) is 0 Å². The second-order valence-electron chi connectivity index (χ2n) is 6.64. The van der Waals surface area contributed by atoms with E-state index in [4.69, 9.17) is 19.7 Å². The van der Waals surface area contributed by atoms with Crippen molar-refractivity contribution in [2.24, 2.45) is 0 Å². The molecule has 4 aromatic heterocycles. The van der Waals surface area contributed by atoms with E-state index in [1.807, 2.05) is 16.3 Å². The van der Waals surface area contributed by atoms with Gasteiger partial charge in [-0.15, -0.1) is 22.7 Å². The highest BCUT2D eigenvalue weighted by molar-refractivity contribution is 7.13. The number of amides is 1. The van der Waals surface area contributed by atoms with Gasteiger partial charge in [-0.25, -0.2) is 9.97 Å². The smallest absolute Gasteiger partial charge is 0.290 e. The molecule has 11 nitrogen and oxygen atoms in total. The van der Waals surface area contributed by atoms with Crippen molar-refractivity contribution in [1.29, 1.82) is 0 Å². The third-order valence-electron chi connectivity index (χ3n) is 4.66. The maximum absolute atomic E-state index is 12.8. The van der Waals surface area contributed by atoms with Gasteiger partial charge in [0.25, 0.3) is 12.4 Å². The maximum atomic E-state index is 12.8. The summed E-state index contributed by atoms with van der Waals surface area (Å²) >= 11 is 2.89. The Hall–Kier alpha value is -3.42. The number of ether oxygens (including phenoxy) is 1. The van der Waals surface area contributed by atoms with E-state index in [1.165, 1.54) is 22.7 Å². The molecule has 3 N–H and O–H groups in total. The molecule has 4 aromatic rings. The van der Waals surface area contributed by atoms with Crippen LogP contribution in [0.25, 0.3) is 21.3 Å². The summed E-state index contributed by atoms with van der Waals surface area (Å²) in [5, 5.41) is 26.4. The standard InChI is InChI=1S/C18H17N7O2S2.CH2O2/c26-16(14-10-29-17(23-14)11-7-20-21-8-11)22-13-9-25(12-1-4-27-5-2-12)24-15(13)18-19-3-6-28-18;2-1-3/h3,6-10,12H,1-2,4-5H2,(H,20,21)(H,22,26);1H,(H,2,3). The molecule has 166 valence electrons.